The van der Waals surface area contributed by atoms with Gasteiger partial charge in [-0.2, -0.15) is 0 Å². The molecule has 2 atom stereocenters. The summed E-state index contributed by atoms with van der Waals surface area (Å²) in [6.45, 7) is 6.88. The molecule has 1 aromatic carbocycles. The molecule has 2 nitrogen and oxygen atoms in total. The van der Waals surface area contributed by atoms with Crippen molar-refractivity contribution in [2.75, 3.05) is 20.1 Å². The highest BCUT2D eigenvalue weighted by Gasteiger charge is 2.30. The largest absolute Gasteiger partial charge is 0.392 e. The molecular weight excluding hydrogens is 234 g/mol. The van der Waals surface area contributed by atoms with Gasteiger partial charge in [0.2, 0.25) is 0 Å². The summed E-state index contributed by atoms with van der Waals surface area (Å²) in [4.78, 5) is 2.49. The monoisotopic (exact) mass is 263 g/mol. The molecule has 1 heterocycles. The van der Waals surface area contributed by atoms with E-state index >= 15 is 0 Å². The Labute approximate surface area is 118 Å². The molecule has 1 aromatic rings. The lowest BCUT2D eigenvalue weighted by Gasteiger charge is -2.27. The maximum atomic E-state index is 8.54. The molecule has 2 bridgehead atoms. The Kier molecular flexibility index (Phi) is 7.76. The number of rotatable bonds is 1. The maximum Gasteiger partial charge on any atom is 0.0681 e. The van der Waals surface area contributed by atoms with E-state index in [1.165, 1.54) is 32.4 Å². The van der Waals surface area contributed by atoms with Gasteiger partial charge in [-0.25, -0.2) is 0 Å². The van der Waals surface area contributed by atoms with E-state index in [1.54, 1.807) is 0 Å². The summed E-state index contributed by atoms with van der Waals surface area (Å²) in [5.41, 5.74) is 0.965. The summed E-state index contributed by atoms with van der Waals surface area (Å²) in [5, 5.41) is 8.54. The maximum absolute atomic E-state index is 8.54. The first kappa shape index (κ1) is 16.2. The van der Waals surface area contributed by atoms with Crippen LogP contribution >= 0.6 is 0 Å². The van der Waals surface area contributed by atoms with Crippen LogP contribution in [-0.2, 0) is 6.61 Å². The summed E-state index contributed by atoms with van der Waals surface area (Å²) in [5.74, 6) is 2.13. The molecule has 19 heavy (non-hydrogen) atoms. The van der Waals surface area contributed by atoms with E-state index in [0.29, 0.717) is 0 Å². The molecule has 108 valence electrons. The van der Waals surface area contributed by atoms with E-state index in [-0.39, 0.29) is 6.61 Å². The standard InChI is InChI=1S/C8H15N.C7H8O.C2H6/c1-9-5-7-2-3-8(4-7)6-9;8-6-7-4-2-1-3-5-7;1-2/h7-8H,2-6H2,1H3;1-5,8H,6H2;1-2H3/t7-,8?;;/m1../s1. The van der Waals surface area contributed by atoms with Crippen molar-refractivity contribution in [3.8, 4) is 0 Å². The second kappa shape index (κ2) is 9.11. The van der Waals surface area contributed by atoms with Crippen LogP contribution in [0.1, 0.15) is 38.7 Å². The number of fused-ring (bicyclic) bond motifs is 2. The molecule has 0 amide bonds. The lowest BCUT2D eigenvalue weighted by Crippen LogP contribution is -2.32. The summed E-state index contributed by atoms with van der Waals surface area (Å²) < 4.78 is 0. The number of aliphatic hydroxyl groups excluding tert-OH is 1. The van der Waals surface area contributed by atoms with Crippen molar-refractivity contribution >= 4 is 0 Å². The van der Waals surface area contributed by atoms with Crippen LogP contribution in [0.4, 0.5) is 0 Å². The predicted octanol–water partition coefficient (Wildman–Crippen LogP) is 3.55. The number of hydrogen-bond acceptors (Lipinski definition) is 2. The van der Waals surface area contributed by atoms with Crippen molar-refractivity contribution in [3.05, 3.63) is 35.9 Å². The summed E-state index contributed by atoms with van der Waals surface area (Å²) in [7, 11) is 2.25. The average molecular weight is 263 g/mol. The van der Waals surface area contributed by atoms with Gasteiger partial charge in [0.25, 0.3) is 0 Å². The molecular formula is C17H29NO. The third-order valence-corrected chi connectivity index (χ3v) is 3.81. The number of nitrogens with zero attached hydrogens (tertiary/aromatic N) is 1. The zero-order valence-corrected chi connectivity index (χ0v) is 12.7. The van der Waals surface area contributed by atoms with Crippen LogP contribution in [0.15, 0.2) is 30.3 Å². The minimum absolute atomic E-state index is 0.140. The highest BCUT2D eigenvalue weighted by molar-refractivity contribution is 5.12. The molecule has 1 saturated carbocycles. The molecule has 1 aliphatic heterocycles. The van der Waals surface area contributed by atoms with Gasteiger partial charge >= 0.3 is 0 Å². The lowest BCUT2D eigenvalue weighted by atomic mass is 10.00. The summed E-state index contributed by atoms with van der Waals surface area (Å²) in [6, 6.07) is 9.52. The second-order valence-electron chi connectivity index (χ2n) is 5.41. The fourth-order valence-corrected chi connectivity index (χ4v) is 3.05. The predicted molar refractivity (Wildman–Crippen MR) is 82.0 cm³/mol. The lowest BCUT2D eigenvalue weighted by molar-refractivity contribution is 0.203. The highest BCUT2D eigenvalue weighted by Crippen LogP contribution is 2.35. The zero-order valence-electron chi connectivity index (χ0n) is 12.7. The van der Waals surface area contributed by atoms with E-state index < -0.39 is 0 Å². The molecule has 0 spiro atoms. The Morgan fingerprint density at radius 3 is 2.00 bits per heavy atom. The zero-order chi connectivity index (χ0) is 14.1. The van der Waals surface area contributed by atoms with Crippen LogP contribution in [0.25, 0.3) is 0 Å². The fourth-order valence-electron chi connectivity index (χ4n) is 3.05. The molecule has 1 saturated heterocycles. The van der Waals surface area contributed by atoms with Crippen molar-refractivity contribution in [2.45, 2.75) is 39.7 Å². The first-order valence-electron chi connectivity index (χ1n) is 7.61. The van der Waals surface area contributed by atoms with Gasteiger partial charge in [-0.3, -0.25) is 0 Å². The Morgan fingerprint density at radius 1 is 1.05 bits per heavy atom. The van der Waals surface area contributed by atoms with E-state index in [1.807, 2.05) is 44.2 Å². The number of benzene rings is 1. The summed E-state index contributed by atoms with van der Waals surface area (Å²) in [6.07, 6.45) is 4.55. The minimum Gasteiger partial charge on any atom is -0.392 e. The van der Waals surface area contributed by atoms with Gasteiger partial charge in [-0.05, 0) is 43.7 Å². The Bertz CT molecular complexity index is 313. The number of aliphatic hydroxyl groups is 1. The normalized spacial score (nSPS) is 24.8. The number of hydrogen-bond donors (Lipinski definition) is 1. The summed E-state index contributed by atoms with van der Waals surface area (Å²) >= 11 is 0. The first-order chi connectivity index (χ1) is 9.28. The van der Waals surface area contributed by atoms with Crippen molar-refractivity contribution in [1.29, 1.82) is 0 Å². The van der Waals surface area contributed by atoms with E-state index in [0.717, 1.165) is 17.4 Å². The quantitative estimate of drug-likeness (QED) is 0.837. The molecule has 0 radical (unpaired) electrons. The molecule has 1 unspecified atom stereocenters. The van der Waals surface area contributed by atoms with Crippen LogP contribution in [0, 0.1) is 11.8 Å². The molecule has 2 fully saturated rings. The Balaban J connectivity index is 0.000000170. The molecule has 1 aliphatic carbocycles. The second-order valence-corrected chi connectivity index (χ2v) is 5.41. The van der Waals surface area contributed by atoms with E-state index in [2.05, 4.69) is 11.9 Å². The van der Waals surface area contributed by atoms with Gasteiger partial charge in [-0.1, -0.05) is 44.2 Å². The van der Waals surface area contributed by atoms with Gasteiger partial charge < -0.3 is 10.0 Å². The van der Waals surface area contributed by atoms with Crippen LogP contribution in [0.3, 0.4) is 0 Å². The number of piperidine rings is 1. The SMILES string of the molecule is CC.CN1CC2CC[C@H](C2)C1.OCc1ccccc1. The van der Waals surface area contributed by atoms with Crippen molar-refractivity contribution in [2.24, 2.45) is 11.8 Å². The molecule has 3 rings (SSSR count). The molecule has 2 heteroatoms. The van der Waals surface area contributed by atoms with Gasteiger partial charge in [0.15, 0.2) is 0 Å². The van der Waals surface area contributed by atoms with Crippen LogP contribution in [0.5, 0.6) is 0 Å². The average Bonchev–Trinajstić information content (AvgIpc) is 2.82. The first-order valence-corrected chi connectivity index (χ1v) is 7.61. The van der Waals surface area contributed by atoms with Gasteiger partial charge in [0.1, 0.15) is 0 Å². The smallest absolute Gasteiger partial charge is 0.0681 e. The topological polar surface area (TPSA) is 23.5 Å². The van der Waals surface area contributed by atoms with Gasteiger partial charge in [0, 0.05) is 13.1 Å². The van der Waals surface area contributed by atoms with E-state index in [9.17, 15) is 0 Å². The van der Waals surface area contributed by atoms with Crippen LogP contribution in [-0.4, -0.2) is 30.1 Å². The van der Waals surface area contributed by atoms with E-state index in [4.69, 9.17) is 5.11 Å². The van der Waals surface area contributed by atoms with Crippen molar-refractivity contribution < 1.29 is 5.11 Å². The highest BCUT2D eigenvalue weighted by atomic mass is 16.3. The number of likely N-dealkylation sites (tertiary alicyclic amines) is 1. The van der Waals surface area contributed by atoms with Crippen molar-refractivity contribution in [1.82, 2.24) is 4.90 Å². The third-order valence-electron chi connectivity index (χ3n) is 3.81. The van der Waals surface area contributed by atoms with Gasteiger partial charge in [-0.15, -0.1) is 0 Å². The minimum atomic E-state index is 0.140. The van der Waals surface area contributed by atoms with Gasteiger partial charge in [0.05, 0.1) is 6.61 Å². The molecule has 0 aromatic heterocycles. The Morgan fingerprint density at radius 2 is 1.58 bits per heavy atom. The molecule has 2 aliphatic rings. The third kappa shape index (κ3) is 5.75. The Hall–Kier alpha value is -0.860. The van der Waals surface area contributed by atoms with Crippen molar-refractivity contribution in [3.63, 3.8) is 0 Å². The van der Waals surface area contributed by atoms with Crippen LogP contribution < -0.4 is 0 Å². The van der Waals surface area contributed by atoms with Crippen LogP contribution in [0.2, 0.25) is 0 Å². The fraction of sp³-hybridized carbons (Fsp3) is 0.647. The molecule has 1 N–H and O–H groups in total.